The molecule has 8 heteroatoms. The van der Waals surface area contributed by atoms with E-state index in [0.717, 1.165) is 24.4 Å². The summed E-state index contributed by atoms with van der Waals surface area (Å²) in [6.07, 6.45) is 5.90. The Morgan fingerprint density at radius 2 is 1.75 bits per heavy atom. The molecular weight excluding hydrogens is 424 g/mol. The van der Waals surface area contributed by atoms with Crippen LogP contribution < -0.4 is 5.32 Å². The molecule has 0 saturated heterocycles. The molecule has 0 unspecified atom stereocenters. The highest BCUT2D eigenvalue weighted by molar-refractivity contribution is 7.99. The molecule has 7 nitrogen and oxygen atoms in total. The molecule has 166 valence electrons. The van der Waals surface area contributed by atoms with Crippen LogP contribution in [0.5, 0.6) is 0 Å². The van der Waals surface area contributed by atoms with Crippen molar-refractivity contribution in [1.29, 1.82) is 0 Å². The fourth-order valence-corrected chi connectivity index (χ4v) is 4.78. The molecule has 0 atom stereocenters. The molecule has 32 heavy (non-hydrogen) atoms. The zero-order valence-electron chi connectivity index (χ0n) is 18.0. The number of carbonyl (C=O) groups excluding carboxylic acids is 2. The van der Waals surface area contributed by atoms with Gasteiger partial charge in [0.15, 0.2) is 5.16 Å². The number of ether oxygens (including phenoxy) is 1. The predicted octanol–water partition coefficient (Wildman–Crippen LogP) is 4.83. The highest BCUT2D eigenvalue weighted by atomic mass is 32.2. The van der Waals surface area contributed by atoms with Crippen molar-refractivity contribution in [2.24, 2.45) is 0 Å². The lowest BCUT2D eigenvalue weighted by atomic mass is 9.88. The van der Waals surface area contributed by atoms with Crippen LogP contribution >= 0.6 is 11.8 Å². The summed E-state index contributed by atoms with van der Waals surface area (Å²) in [6, 6.07) is 16.8. The number of nitrogens with one attached hydrogen (secondary N) is 1. The number of hydrogen-bond acceptors (Lipinski definition) is 6. The number of amides is 1. The minimum atomic E-state index is -0.491. The van der Waals surface area contributed by atoms with Gasteiger partial charge in [0.25, 0.3) is 0 Å². The summed E-state index contributed by atoms with van der Waals surface area (Å²) >= 11 is 1.34. The first-order valence-corrected chi connectivity index (χ1v) is 11.8. The third kappa shape index (κ3) is 5.02. The number of thioether (sulfide) groups is 1. The Bertz CT molecular complexity index is 1080. The molecule has 1 saturated carbocycles. The second-order valence-corrected chi connectivity index (χ2v) is 8.66. The smallest absolute Gasteiger partial charge is 0.339 e. The molecule has 0 aliphatic heterocycles. The van der Waals surface area contributed by atoms with Crippen molar-refractivity contribution in [3.8, 4) is 5.69 Å². The van der Waals surface area contributed by atoms with Gasteiger partial charge in [0.2, 0.25) is 5.91 Å². The van der Waals surface area contributed by atoms with E-state index in [1.165, 1.54) is 38.1 Å². The average molecular weight is 451 g/mol. The first-order valence-electron chi connectivity index (χ1n) is 10.8. The molecule has 2 aromatic carbocycles. The van der Waals surface area contributed by atoms with E-state index < -0.39 is 5.97 Å². The highest BCUT2D eigenvalue weighted by Crippen LogP contribution is 2.34. The molecule has 0 bridgehead atoms. The van der Waals surface area contributed by atoms with Crippen LogP contribution in [0, 0.1) is 0 Å². The van der Waals surface area contributed by atoms with Gasteiger partial charge in [-0.1, -0.05) is 61.4 Å². The molecule has 1 N–H and O–H groups in total. The van der Waals surface area contributed by atoms with Crippen molar-refractivity contribution in [3.63, 3.8) is 0 Å². The number of hydrogen-bond donors (Lipinski definition) is 1. The van der Waals surface area contributed by atoms with Gasteiger partial charge in [0.05, 0.1) is 24.1 Å². The van der Waals surface area contributed by atoms with Crippen molar-refractivity contribution in [2.75, 3.05) is 18.2 Å². The first-order chi connectivity index (χ1) is 15.7. The Balaban J connectivity index is 1.52. The van der Waals surface area contributed by atoms with Crippen LogP contribution in [-0.2, 0) is 9.53 Å². The number of nitrogens with zero attached hydrogens (tertiary/aromatic N) is 3. The van der Waals surface area contributed by atoms with E-state index in [9.17, 15) is 9.59 Å². The highest BCUT2D eigenvalue weighted by Gasteiger charge is 2.25. The van der Waals surface area contributed by atoms with Gasteiger partial charge in [0.1, 0.15) is 5.82 Å². The fraction of sp³-hybridized carbons (Fsp3) is 0.333. The van der Waals surface area contributed by atoms with Gasteiger partial charge < -0.3 is 10.1 Å². The fourth-order valence-electron chi connectivity index (χ4n) is 4.02. The lowest BCUT2D eigenvalue weighted by Crippen LogP contribution is -2.17. The SMILES string of the molecule is COC(=O)c1ccccc1NC(=O)CSc1nnc(C2CCCCC2)n1-c1ccccc1. The van der Waals surface area contributed by atoms with E-state index >= 15 is 0 Å². The van der Waals surface area contributed by atoms with Crippen LogP contribution in [-0.4, -0.2) is 39.5 Å². The largest absolute Gasteiger partial charge is 0.465 e. The number of rotatable bonds is 7. The predicted molar refractivity (Wildman–Crippen MR) is 124 cm³/mol. The standard InChI is InChI=1S/C24H26N4O3S/c1-31-23(30)19-14-8-9-15-20(19)25-21(29)16-32-24-27-26-22(17-10-4-2-5-11-17)28(24)18-12-6-3-7-13-18/h3,6-9,12-15,17H,2,4-5,10-11,16H2,1H3,(H,25,29). The third-order valence-electron chi connectivity index (χ3n) is 5.58. The average Bonchev–Trinajstić information content (AvgIpc) is 3.28. The molecule has 0 spiro atoms. The monoisotopic (exact) mass is 450 g/mol. The molecule has 1 amide bonds. The summed E-state index contributed by atoms with van der Waals surface area (Å²) in [5.41, 5.74) is 1.75. The number of carbonyl (C=O) groups is 2. The van der Waals surface area contributed by atoms with Crippen LogP contribution in [0.4, 0.5) is 5.69 Å². The molecule has 4 rings (SSSR count). The topological polar surface area (TPSA) is 86.1 Å². The second kappa shape index (κ2) is 10.5. The Labute approximate surface area is 191 Å². The molecule has 1 heterocycles. The van der Waals surface area contributed by atoms with Crippen molar-refractivity contribution < 1.29 is 14.3 Å². The van der Waals surface area contributed by atoms with Crippen LogP contribution in [0.15, 0.2) is 59.8 Å². The summed E-state index contributed by atoms with van der Waals surface area (Å²) < 4.78 is 6.88. The Morgan fingerprint density at radius 3 is 2.50 bits per heavy atom. The minimum Gasteiger partial charge on any atom is -0.465 e. The number of para-hydroxylation sites is 2. The summed E-state index contributed by atoms with van der Waals surface area (Å²) in [6.45, 7) is 0. The van der Waals surface area contributed by atoms with Gasteiger partial charge in [-0.15, -0.1) is 10.2 Å². The second-order valence-electron chi connectivity index (χ2n) is 7.72. The number of aromatic nitrogens is 3. The molecule has 1 aromatic heterocycles. The summed E-state index contributed by atoms with van der Waals surface area (Å²) in [7, 11) is 1.32. The van der Waals surface area contributed by atoms with Crippen LogP contribution in [0.2, 0.25) is 0 Å². The number of methoxy groups -OCH3 is 1. The van der Waals surface area contributed by atoms with Crippen LogP contribution in [0.25, 0.3) is 5.69 Å². The van der Waals surface area contributed by atoms with E-state index in [4.69, 9.17) is 4.74 Å². The van der Waals surface area contributed by atoms with Gasteiger partial charge in [-0.25, -0.2) is 4.79 Å². The molecule has 0 radical (unpaired) electrons. The van der Waals surface area contributed by atoms with E-state index in [1.54, 1.807) is 24.3 Å². The molecule has 1 aliphatic rings. The Hall–Kier alpha value is -3.13. The lowest BCUT2D eigenvalue weighted by molar-refractivity contribution is -0.113. The Morgan fingerprint density at radius 1 is 1.03 bits per heavy atom. The maximum Gasteiger partial charge on any atom is 0.339 e. The summed E-state index contributed by atoms with van der Waals surface area (Å²) in [4.78, 5) is 24.6. The zero-order valence-corrected chi connectivity index (χ0v) is 18.8. The van der Waals surface area contributed by atoms with Crippen molar-refractivity contribution >= 4 is 29.3 Å². The number of esters is 1. The maximum absolute atomic E-state index is 12.7. The normalized spacial score (nSPS) is 14.2. The van der Waals surface area contributed by atoms with E-state index in [2.05, 4.69) is 20.1 Å². The zero-order chi connectivity index (χ0) is 22.3. The third-order valence-corrected chi connectivity index (χ3v) is 6.51. The number of benzene rings is 2. The number of anilines is 1. The van der Waals surface area contributed by atoms with E-state index in [0.29, 0.717) is 22.3 Å². The van der Waals surface area contributed by atoms with Gasteiger partial charge in [-0.2, -0.15) is 0 Å². The lowest BCUT2D eigenvalue weighted by Gasteiger charge is -2.22. The van der Waals surface area contributed by atoms with E-state index in [-0.39, 0.29) is 11.7 Å². The van der Waals surface area contributed by atoms with Gasteiger partial charge >= 0.3 is 5.97 Å². The first kappa shape index (κ1) is 22.1. The molecule has 3 aromatic rings. The maximum atomic E-state index is 12.7. The van der Waals surface area contributed by atoms with Gasteiger partial charge in [-0.05, 0) is 37.1 Å². The summed E-state index contributed by atoms with van der Waals surface area (Å²) in [5, 5.41) is 12.4. The van der Waals surface area contributed by atoms with Crippen LogP contribution in [0.3, 0.4) is 0 Å². The van der Waals surface area contributed by atoms with Crippen molar-refractivity contribution in [3.05, 3.63) is 66.0 Å². The van der Waals surface area contributed by atoms with Crippen molar-refractivity contribution in [1.82, 2.24) is 14.8 Å². The molecular formula is C24H26N4O3S. The van der Waals surface area contributed by atoms with Gasteiger partial charge in [-0.3, -0.25) is 9.36 Å². The Kier molecular flexibility index (Phi) is 7.21. The van der Waals surface area contributed by atoms with Crippen molar-refractivity contribution in [2.45, 2.75) is 43.2 Å². The molecule has 1 fully saturated rings. The van der Waals surface area contributed by atoms with Crippen LogP contribution in [0.1, 0.15) is 54.2 Å². The van der Waals surface area contributed by atoms with E-state index in [1.807, 2.05) is 30.3 Å². The summed E-state index contributed by atoms with van der Waals surface area (Å²) in [5.74, 6) is 0.773. The minimum absolute atomic E-state index is 0.144. The quantitative estimate of drug-likeness (QED) is 0.410. The molecule has 1 aliphatic carbocycles. The van der Waals surface area contributed by atoms with Gasteiger partial charge in [0, 0.05) is 11.6 Å².